The van der Waals surface area contributed by atoms with E-state index < -0.39 is 0 Å². The summed E-state index contributed by atoms with van der Waals surface area (Å²) in [6.45, 7) is 4.66. The number of nitrogens with two attached hydrogens (primary N) is 1. The van der Waals surface area contributed by atoms with Crippen molar-refractivity contribution in [2.45, 2.75) is 13.8 Å². The number of anilines is 1. The third-order valence-corrected chi connectivity index (χ3v) is 2.40. The molecule has 82 valence electrons. The highest BCUT2D eigenvalue weighted by atomic mass is 15.1. The first-order valence-corrected chi connectivity index (χ1v) is 4.98. The van der Waals surface area contributed by atoms with Gasteiger partial charge in [-0.15, -0.1) is 0 Å². The lowest BCUT2D eigenvalue weighted by Crippen LogP contribution is -2.32. The van der Waals surface area contributed by atoms with E-state index in [1.165, 1.54) is 0 Å². The Balaban J connectivity index is 2.68. The van der Waals surface area contributed by atoms with Crippen LogP contribution >= 0.6 is 0 Å². The number of pyridine rings is 1. The van der Waals surface area contributed by atoms with Gasteiger partial charge in [-0.25, -0.2) is 0 Å². The Morgan fingerprint density at radius 1 is 1.67 bits per heavy atom. The van der Waals surface area contributed by atoms with Crippen molar-refractivity contribution in [3.8, 4) is 0 Å². The number of hydrogen-bond acceptors (Lipinski definition) is 3. The van der Waals surface area contributed by atoms with Crippen LogP contribution in [0.4, 0.5) is 5.69 Å². The molecule has 1 heterocycles. The zero-order chi connectivity index (χ0) is 11.4. The van der Waals surface area contributed by atoms with Gasteiger partial charge in [-0.05, 0) is 19.1 Å². The van der Waals surface area contributed by atoms with E-state index in [9.17, 15) is 0 Å². The summed E-state index contributed by atoms with van der Waals surface area (Å²) in [5, 5.41) is 7.34. The predicted octanol–water partition coefficient (Wildman–Crippen LogP) is 1.40. The Morgan fingerprint density at radius 2 is 2.33 bits per heavy atom. The molecule has 1 aromatic rings. The standard InChI is InChI=1S/C11H18N4/c1-8(11(12)13)7-15(3)10-4-5-14-9(2)6-10/h4-6,8H,7H2,1-3H3,(H3,12,13). The third kappa shape index (κ3) is 3.23. The number of nitrogens with zero attached hydrogens (tertiary/aromatic N) is 2. The van der Waals surface area contributed by atoms with Crippen LogP contribution in [0.3, 0.4) is 0 Å². The van der Waals surface area contributed by atoms with E-state index in [0.717, 1.165) is 17.9 Å². The van der Waals surface area contributed by atoms with Gasteiger partial charge in [-0.3, -0.25) is 10.4 Å². The maximum absolute atomic E-state index is 7.34. The Labute approximate surface area is 90.6 Å². The molecule has 0 saturated heterocycles. The number of rotatable bonds is 4. The smallest absolute Gasteiger partial charge is 0.0952 e. The lowest BCUT2D eigenvalue weighted by molar-refractivity contribution is 0.728. The Bertz CT molecular complexity index is 348. The lowest BCUT2D eigenvalue weighted by atomic mass is 10.1. The number of nitrogens with one attached hydrogen (secondary N) is 1. The molecule has 0 amide bonds. The monoisotopic (exact) mass is 206 g/mol. The van der Waals surface area contributed by atoms with E-state index in [4.69, 9.17) is 11.1 Å². The molecule has 1 rings (SSSR count). The summed E-state index contributed by atoms with van der Waals surface area (Å²) in [5.74, 6) is 0.302. The maximum Gasteiger partial charge on any atom is 0.0952 e. The summed E-state index contributed by atoms with van der Waals surface area (Å²) >= 11 is 0. The van der Waals surface area contributed by atoms with Gasteiger partial charge in [0.05, 0.1) is 5.84 Å². The zero-order valence-corrected chi connectivity index (χ0v) is 9.49. The molecule has 0 aromatic carbocycles. The van der Waals surface area contributed by atoms with Crippen LogP contribution in [0.2, 0.25) is 0 Å². The summed E-state index contributed by atoms with van der Waals surface area (Å²) in [6, 6.07) is 3.98. The number of aryl methyl sites for hydroxylation is 1. The molecule has 0 aliphatic heterocycles. The molecule has 1 atom stereocenters. The summed E-state index contributed by atoms with van der Waals surface area (Å²) < 4.78 is 0. The second-order valence-corrected chi connectivity index (χ2v) is 3.89. The van der Waals surface area contributed by atoms with E-state index in [1.807, 2.05) is 33.0 Å². The van der Waals surface area contributed by atoms with E-state index >= 15 is 0 Å². The Morgan fingerprint density at radius 3 is 2.87 bits per heavy atom. The van der Waals surface area contributed by atoms with Crippen LogP contribution in [-0.2, 0) is 0 Å². The lowest BCUT2D eigenvalue weighted by Gasteiger charge is -2.22. The van der Waals surface area contributed by atoms with E-state index in [2.05, 4.69) is 9.88 Å². The van der Waals surface area contributed by atoms with Crippen LogP contribution < -0.4 is 10.6 Å². The minimum atomic E-state index is 0.0727. The van der Waals surface area contributed by atoms with Gasteiger partial charge in [0, 0.05) is 37.1 Å². The van der Waals surface area contributed by atoms with Crippen LogP contribution in [-0.4, -0.2) is 24.4 Å². The van der Waals surface area contributed by atoms with Crippen molar-refractivity contribution >= 4 is 11.5 Å². The largest absolute Gasteiger partial charge is 0.387 e. The number of amidine groups is 1. The molecule has 15 heavy (non-hydrogen) atoms. The minimum Gasteiger partial charge on any atom is -0.387 e. The van der Waals surface area contributed by atoms with Crippen LogP contribution in [0, 0.1) is 18.3 Å². The molecule has 0 spiro atoms. The fourth-order valence-electron chi connectivity index (χ4n) is 1.38. The van der Waals surface area contributed by atoms with Crippen molar-refractivity contribution in [1.82, 2.24) is 4.98 Å². The Kier molecular flexibility index (Phi) is 3.66. The van der Waals surface area contributed by atoms with Crippen molar-refractivity contribution in [3.05, 3.63) is 24.0 Å². The third-order valence-electron chi connectivity index (χ3n) is 2.40. The molecule has 0 radical (unpaired) electrons. The second kappa shape index (κ2) is 4.77. The first-order valence-electron chi connectivity index (χ1n) is 4.98. The Hall–Kier alpha value is -1.58. The highest BCUT2D eigenvalue weighted by molar-refractivity contribution is 5.79. The molecule has 0 aliphatic carbocycles. The van der Waals surface area contributed by atoms with Crippen molar-refractivity contribution in [1.29, 1.82) is 5.41 Å². The fraction of sp³-hybridized carbons (Fsp3) is 0.455. The summed E-state index contributed by atoms with van der Waals surface area (Å²) in [7, 11) is 1.99. The topological polar surface area (TPSA) is 66.0 Å². The van der Waals surface area contributed by atoms with E-state index in [-0.39, 0.29) is 11.8 Å². The van der Waals surface area contributed by atoms with Gasteiger partial charge in [-0.1, -0.05) is 6.92 Å². The van der Waals surface area contributed by atoms with E-state index in [0.29, 0.717) is 0 Å². The van der Waals surface area contributed by atoms with Gasteiger partial charge in [0.15, 0.2) is 0 Å². The van der Waals surface area contributed by atoms with Crippen LogP contribution in [0.1, 0.15) is 12.6 Å². The molecule has 0 fully saturated rings. The molecule has 4 nitrogen and oxygen atoms in total. The van der Waals surface area contributed by atoms with Crippen molar-refractivity contribution in [3.63, 3.8) is 0 Å². The summed E-state index contributed by atoms with van der Waals surface area (Å²) in [6.07, 6.45) is 1.79. The van der Waals surface area contributed by atoms with Gasteiger partial charge in [-0.2, -0.15) is 0 Å². The number of aromatic nitrogens is 1. The van der Waals surface area contributed by atoms with E-state index in [1.54, 1.807) is 6.20 Å². The van der Waals surface area contributed by atoms with Crippen LogP contribution in [0.25, 0.3) is 0 Å². The summed E-state index contributed by atoms with van der Waals surface area (Å²) in [4.78, 5) is 6.23. The quantitative estimate of drug-likeness (QED) is 0.578. The molecule has 0 saturated carbocycles. The molecular weight excluding hydrogens is 188 g/mol. The molecule has 3 N–H and O–H groups in total. The van der Waals surface area contributed by atoms with Crippen LogP contribution in [0.5, 0.6) is 0 Å². The second-order valence-electron chi connectivity index (χ2n) is 3.89. The van der Waals surface area contributed by atoms with Crippen molar-refractivity contribution in [2.75, 3.05) is 18.5 Å². The van der Waals surface area contributed by atoms with Crippen LogP contribution in [0.15, 0.2) is 18.3 Å². The van der Waals surface area contributed by atoms with Gasteiger partial charge in [0.1, 0.15) is 0 Å². The molecule has 1 unspecified atom stereocenters. The molecule has 0 bridgehead atoms. The van der Waals surface area contributed by atoms with Gasteiger partial charge < -0.3 is 10.6 Å². The molecule has 4 heteroatoms. The van der Waals surface area contributed by atoms with Crippen molar-refractivity contribution < 1.29 is 0 Å². The molecular formula is C11H18N4. The fourth-order valence-corrected chi connectivity index (χ4v) is 1.38. The van der Waals surface area contributed by atoms with Gasteiger partial charge >= 0.3 is 0 Å². The average Bonchev–Trinajstić information content (AvgIpc) is 2.17. The zero-order valence-electron chi connectivity index (χ0n) is 9.49. The highest BCUT2D eigenvalue weighted by Gasteiger charge is 2.09. The SMILES string of the molecule is Cc1cc(N(C)CC(C)C(=N)N)ccn1. The molecule has 0 aliphatic rings. The predicted molar refractivity (Wildman–Crippen MR) is 63.3 cm³/mol. The normalized spacial score (nSPS) is 12.2. The van der Waals surface area contributed by atoms with Gasteiger partial charge in [0.2, 0.25) is 0 Å². The van der Waals surface area contributed by atoms with Crippen molar-refractivity contribution in [2.24, 2.45) is 11.7 Å². The molecule has 1 aromatic heterocycles. The highest BCUT2D eigenvalue weighted by Crippen LogP contribution is 2.13. The first-order chi connectivity index (χ1) is 7.00. The average molecular weight is 206 g/mol. The maximum atomic E-state index is 7.34. The number of hydrogen-bond donors (Lipinski definition) is 2. The summed E-state index contributed by atoms with van der Waals surface area (Å²) in [5.41, 5.74) is 7.54. The van der Waals surface area contributed by atoms with Gasteiger partial charge in [0.25, 0.3) is 0 Å². The first kappa shape index (κ1) is 11.5. The minimum absolute atomic E-state index is 0.0727.